The summed E-state index contributed by atoms with van der Waals surface area (Å²) in [6, 6.07) is 3.53. The van der Waals surface area contributed by atoms with Gasteiger partial charge < -0.3 is 14.8 Å². The third-order valence-electron chi connectivity index (χ3n) is 3.41. The van der Waals surface area contributed by atoms with Crippen molar-refractivity contribution in [2.45, 2.75) is 32.6 Å². The molecular weight excluding hydrogens is 350 g/mol. The number of benzene rings is 1. The Bertz CT molecular complexity index is 748. The van der Waals surface area contributed by atoms with E-state index in [1.807, 2.05) is 13.8 Å². The predicted molar refractivity (Wildman–Crippen MR) is 93.4 cm³/mol. The SMILES string of the molecule is CC(C)c1nnc(NC(=O)Cc2cc(Cl)c3c(c2)OCCCO3)s1. The minimum atomic E-state index is -0.174. The molecule has 0 aliphatic carbocycles. The van der Waals surface area contributed by atoms with Gasteiger partial charge in [0.15, 0.2) is 11.5 Å². The fraction of sp³-hybridized carbons (Fsp3) is 0.438. The van der Waals surface area contributed by atoms with Gasteiger partial charge in [-0.2, -0.15) is 0 Å². The molecule has 6 nitrogen and oxygen atoms in total. The number of amides is 1. The Hall–Kier alpha value is -1.86. The molecule has 3 rings (SSSR count). The first-order chi connectivity index (χ1) is 11.5. The van der Waals surface area contributed by atoms with E-state index in [0.29, 0.717) is 34.9 Å². The normalized spacial score (nSPS) is 13.7. The summed E-state index contributed by atoms with van der Waals surface area (Å²) in [6.45, 7) is 5.21. The lowest BCUT2D eigenvalue weighted by atomic mass is 10.1. The van der Waals surface area contributed by atoms with Gasteiger partial charge in [0.25, 0.3) is 0 Å². The lowest BCUT2D eigenvalue weighted by Gasteiger charge is -2.11. The molecule has 8 heteroatoms. The van der Waals surface area contributed by atoms with E-state index in [2.05, 4.69) is 15.5 Å². The van der Waals surface area contributed by atoms with Gasteiger partial charge in [-0.15, -0.1) is 10.2 Å². The Morgan fingerprint density at radius 2 is 2.12 bits per heavy atom. The highest BCUT2D eigenvalue weighted by atomic mass is 35.5. The summed E-state index contributed by atoms with van der Waals surface area (Å²) in [5.41, 5.74) is 0.760. The summed E-state index contributed by atoms with van der Waals surface area (Å²) >= 11 is 7.63. The van der Waals surface area contributed by atoms with Crippen LogP contribution in [0.3, 0.4) is 0 Å². The van der Waals surface area contributed by atoms with Crippen LogP contribution in [0.25, 0.3) is 0 Å². The zero-order valence-electron chi connectivity index (χ0n) is 13.5. The van der Waals surface area contributed by atoms with Crippen LogP contribution in [-0.4, -0.2) is 29.3 Å². The number of halogens is 1. The number of carbonyl (C=O) groups is 1. The number of aromatic nitrogens is 2. The van der Waals surface area contributed by atoms with E-state index >= 15 is 0 Å². The highest BCUT2D eigenvalue weighted by Gasteiger charge is 2.17. The maximum Gasteiger partial charge on any atom is 0.230 e. The molecular formula is C16H18ClN3O3S. The zero-order valence-corrected chi connectivity index (χ0v) is 15.0. The van der Waals surface area contributed by atoms with E-state index in [0.717, 1.165) is 17.0 Å². The lowest BCUT2D eigenvalue weighted by molar-refractivity contribution is -0.115. The molecule has 0 atom stereocenters. The Balaban J connectivity index is 1.69. The van der Waals surface area contributed by atoms with Crippen LogP contribution in [0.4, 0.5) is 5.13 Å². The van der Waals surface area contributed by atoms with Crippen LogP contribution < -0.4 is 14.8 Å². The molecule has 1 aromatic carbocycles. The summed E-state index contributed by atoms with van der Waals surface area (Å²) in [4.78, 5) is 12.2. The van der Waals surface area contributed by atoms with Gasteiger partial charge in [0.05, 0.1) is 24.7 Å². The highest BCUT2D eigenvalue weighted by Crippen LogP contribution is 2.38. The van der Waals surface area contributed by atoms with E-state index in [1.165, 1.54) is 11.3 Å². The van der Waals surface area contributed by atoms with Gasteiger partial charge in [-0.3, -0.25) is 4.79 Å². The van der Waals surface area contributed by atoms with Crippen LogP contribution >= 0.6 is 22.9 Å². The molecule has 0 spiro atoms. The van der Waals surface area contributed by atoms with E-state index in [1.54, 1.807) is 12.1 Å². The molecule has 1 aliphatic heterocycles. The van der Waals surface area contributed by atoms with E-state index in [4.69, 9.17) is 21.1 Å². The molecule has 0 saturated carbocycles. The third kappa shape index (κ3) is 3.96. The zero-order chi connectivity index (χ0) is 17.1. The van der Waals surface area contributed by atoms with Crippen LogP contribution in [0.2, 0.25) is 5.02 Å². The predicted octanol–water partition coefficient (Wildman–Crippen LogP) is 3.66. The number of hydrogen-bond acceptors (Lipinski definition) is 6. The Labute approximate surface area is 149 Å². The number of nitrogens with one attached hydrogen (secondary N) is 1. The van der Waals surface area contributed by atoms with Crippen molar-refractivity contribution in [3.63, 3.8) is 0 Å². The average molecular weight is 368 g/mol. The van der Waals surface area contributed by atoms with Crippen LogP contribution in [0.1, 0.15) is 36.8 Å². The van der Waals surface area contributed by atoms with E-state index < -0.39 is 0 Å². The van der Waals surface area contributed by atoms with Crippen LogP contribution in [-0.2, 0) is 11.2 Å². The Morgan fingerprint density at radius 1 is 1.33 bits per heavy atom. The molecule has 0 fully saturated rings. The van der Waals surface area contributed by atoms with Gasteiger partial charge in [-0.1, -0.05) is 36.8 Å². The summed E-state index contributed by atoms with van der Waals surface area (Å²) in [5, 5.41) is 12.7. The molecule has 2 aromatic rings. The molecule has 128 valence electrons. The minimum absolute atomic E-state index is 0.174. The minimum Gasteiger partial charge on any atom is -0.489 e. The van der Waals surface area contributed by atoms with Crippen LogP contribution in [0, 0.1) is 0 Å². The molecule has 1 N–H and O–H groups in total. The van der Waals surface area contributed by atoms with Crippen molar-refractivity contribution in [1.82, 2.24) is 10.2 Å². The number of ether oxygens (including phenoxy) is 2. The van der Waals surface area contributed by atoms with E-state index in [9.17, 15) is 4.79 Å². The molecule has 0 radical (unpaired) electrons. The molecule has 1 aliphatic rings. The van der Waals surface area contributed by atoms with Gasteiger partial charge in [0.2, 0.25) is 11.0 Å². The fourth-order valence-electron chi connectivity index (χ4n) is 2.25. The van der Waals surface area contributed by atoms with E-state index in [-0.39, 0.29) is 18.2 Å². The van der Waals surface area contributed by atoms with Crippen molar-refractivity contribution in [2.24, 2.45) is 0 Å². The molecule has 1 amide bonds. The van der Waals surface area contributed by atoms with Crippen molar-refractivity contribution >= 4 is 34.0 Å². The number of carbonyl (C=O) groups excluding carboxylic acids is 1. The monoisotopic (exact) mass is 367 g/mol. The largest absolute Gasteiger partial charge is 0.489 e. The van der Waals surface area contributed by atoms with Crippen molar-refractivity contribution in [2.75, 3.05) is 18.5 Å². The van der Waals surface area contributed by atoms with Gasteiger partial charge in [-0.05, 0) is 17.7 Å². The first-order valence-corrected chi connectivity index (χ1v) is 8.93. The Morgan fingerprint density at radius 3 is 2.88 bits per heavy atom. The average Bonchev–Trinajstić information content (AvgIpc) is 2.84. The number of fused-ring (bicyclic) bond motifs is 1. The van der Waals surface area contributed by atoms with Crippen LogP contribution in [0.15, 0.2) is 12.1 Å². The van der Waals surface area contributed by atoms with Gasteiger partial charge >= 0.3 is 0 Å². The van der Waals surface area contributed by atoms with Crippen molar-refractivity contribution in [1.29, 1.82) is 0 Å². The second kappa shape index (κ2) is 7.36. The quantitative estimate of drug-likeness (QED) is 0.892. The summed E-state index contributed by atoms with van der Waals surface area (Å²) in [7, 11) is 0. The van der Waals surface area contributed by atoms with Crippen molar-refractivity contribution in [3.8, 4) is 11.5 Å². The van der Waals surface area contributed by atoms with Gasteiger partial charge in [-0.25, -0.2) is 0 Å². The molecule has 0 bridgehead atoms. The maximum atomic E-state index is 12.2. The summed E-state index contributed by atoms with van der Waals surface area (Å²) in [5.74, 6) is 1.24. The molecule has 2 heterocycles. The fourth-order valence-corrected chi connectivity index (χ4v) is 3.30. The summed E-state index contributed by atoms with van der Waals surface area (Å²) < 4.78 is 11.2. The van der Waals surface area contributed by atoms with Crippen LogP contribution in [0.5, 0.6) is 11.5 Å². The second-order valence-electron chi connectivity index (χ2n) is 5.78. The number of anilines is 1. The highest BCUT2D eigenvalue weighted by molar-refractivity contribution is 7.15. The number of rotatable bonds is 4. The Kier molecular flexibility index (Phi) is 5.20. The van der Waals surface area contributed by atoms with Crippen molar-refractivity contribution < 1.29 is 14.3 Å². The smallest absolute Gasteiger partial charge is 0.230 e. The van der Waals surface area contributed by atoms with Crippen molar-refractivity contribution in [3.05, 3.63) is 27.7 Å². The molecule has 1 aromatic heterocycles. The number of hydrogen-bond donors (Lipinski definition) is 1. The first-order valence-electron chi connectivity index (χ1n) is 7.74. The molecule has 0 saturated heterocycles. The molecule has 24 heavy (non-hydrogen) atoms. The maximum absolute atomic E-state index is 12.2. The summed E-state index contributed by atoms with van der Waals surface area (Å²) in [6.07, 6.45) is 0.975. The lowest BCUT2D eigenvalue weighted by Crippen LogP contribution is -2.14. The van der Waals surface area contributed by atoms with Gasteiger partial charge in [0.1, 0.15) is 5.01 Å². The second-order valence-corrected chi connectivity index (χ2v) is 7.20. The standard InChI is InChI=1S/C16H18ClN3O3S/c1-9(2)15-19-20-16(24-15)18-13(21)8-10-6-11(17)14-12(7-10)22-4-3-5-23-14/h6-7,9H,3-5,8H2,1-2H3,(H,18,20,21). The number of nitrogens with zero attached hydrogens (tertiary/aromatic N) is 2. The van der Waals surface area contributed by atoms with Gasteiger partial charge in [0, 0.05) is 12.3 Å². The molecule has 0 unspecified atom stereocenters. The third-order valence-corrected chi connectivity index (χ3v) is 4.83. The topological polar surface area (TPSA) is 73.3 Å². The first kappa shape index (κ1) is 17.0.